The molecule has 0 spiro atoms. The molecule has 1 saturated heterocycles. The van der Waals surface area contributed by atoms with Gasteiger partial charge in [-0.1, -0.05) is 12.8 Å². The molecule has 1 heterocycles. The van der Waals surface area contributed by atoms with Crippen LogP contribution in [-0.2, 0) is 4.79 Å². The number of rotatable bonds is 4. The third-order valence-corrected chi connectivity index (χ3v) is 5.81. The Morgan fingerprint density at radius 2 is 1.84 bits per heavy atom. The summed E-state index contributed by atoms with van der Waals surface area (Å²) in [6.07, 6.45) is 6.63. The maximum atomic E-state index is 12.9. The van der Waals surface area contributed by atoms with E-state index in [1.54, 1.807) is 12.1 Å². The first-order valence-corrected chi connectivity index (χ1v) is 9.10. The highest BCUT2D eigenvalue weighted by molar-refractivity contribution is 5.98. The number of hydrogen-bond donors (Lipinski definition) is 3. The fourth-order valence-corrected chi connectivity index (χ4v) is 4.15. The van der Waals surface area contributed by atoms with Gasteiger partial charge in [-0.2, -0.15) is 0 Å². The maximum absolute atomic E-state index is 12.9. The summed E-state index contributed by atoms with van der Waals surface area (Å²) in [5.41, 5.74) is 1.17. The number of fused-ring (bicyclic) bond motifs is 1. The fraction of sp³-hybridized carbons (Fsp3) is 0.579. The van der Waals surface area contributed by atoms with Crippen molar-refractivity contribution in [2.45, 2.75) is 44.6 Å². The second-order valence-electron chi connectivity index (χ2n) is 7.51. The van der Waals surface area contributed by atoms with Gasteiger partial charge < -0.3 is 16.0 Å². The first-order chi connectivity index (χ1) is 11.7. The molecule has 25 heavy (non-hydrogen) atoms. The Hall–Kier alpha value is -1.59. The summed E-state index contributed by atoms with van der Waals surface area (Å²) in [5, 5.41) is 9.47. The lowest BCUT2D eigenvalue weighted by Crippen LogP contribution is -2.44. The van der Waals surface area contributed by atoms with Crippen LogP contribution in [0, 0.1) is 11.3 Å². The number of benzene rings is 1. The second-order valence-corrected chi connectivity index (χ2v) is 7.51. The highest BCUT2D eigenvalue weighted by Crippen LogP contribution is 2.44. The van der Waals surface area contributed by atoms with E-state index in [4.69, 9.17) is 0 Å². The standard InChI is InChI=1S/C19H25N3O2.ClH/c23-17(21-15-8-9-15)13-4-6-16(7-5-13)22-18(24)19-10-2-1-3-14(19)11-20-12-19;/h4-7,14-15,20H,1-3,8-12H2,(H,21,23)(H,22,24);1H/t14-,19+;/m0./s1. The zero-order chi connectivity index (χ0) is 16.6. The number of amides is 2. The van der Waals surface area contributed by atoms with Crippen LogP contribution in [0.3, 0.4) is 0 Å². The Labute approximate surface area is 154 Å². The molecule has 136 valence electrons. The van der Waals surface area contributed by atoms with Gasteiger partial charge in [0.2, 0.25) is 5.91 Å². The van der Waals surface area contributed by atoms with Gasteiger partial charge in [0, 0.05) is 23.8 Å². The largest absolute Gasteiger partial charge is 0.349 e. The fourth-order valence-electron chi connectivity index (χ4n) is 4.15. The number of anilines is 1. The summed E-state index contributed by atoms with van der Waals surface area (Å²) < 4.78 is 0. The molecule has 0 radical (unpaired) electrons. The molecule has 0 bridgehead atoms. The molecule has 3 N–H and O–H groups in total. The van der Waals surface area contributed by atoms with E-state index in [0.717, 1.165) is 50.9 Å². The average molecular weight is 364 g/mol. The summed E-state index contributed by atoms with van der Waals surface area (Å²) in [5.74, 6) is 0.559. The average Bonchev–Trinajstić information content (AvgIpc) is 3.30. The SMILES string of the molecule is Cl.O=C(NC1CC1)c1ccc(NC(=O)[C@@]23CCCC[C@H]2CNC3)cc1. The molecule has 1 aromatic rings. The van der Waals surface area contributed by atoms with Crippen LogP contribution in [-0.4, -0.2) is 30.9 Å². The number of carbonyl (C=O) groups is 2. The van der Waals surface area contributed by atoms with Crippen molar-refractivity contribution in [3.05, 3.63) is 29.8 Å². The molecular formula is C19H26ClN3O2. The van der Waals surface area contributed by atoms with Gasteiger partial charge in [-0.05, 0) is 62.4 Å². The van der Waals surface area contributed by atoms with Crippen molar-refractivity contribution >= 4 is 29.9 Å². The Morgan fingerprint density at radius 1 is 1.08 bits per heavy atom. The van der Waals surface area contributed by atoms with Crippen molar-refractivity contribution in [3.63, 3.8) is 0 Å². The molecule has 0 aromatic heterocycles. The molecule has 6 heteroatoms. The highest BCUT2D eigenvalue weighted by Gasteiger charge is 2.49. The Morgan fingerprint density at radius 3 is 2.56 bits per heavy atom. The van der Waals surface area contributed by atoms with E-state index in [0.29, 0.717) is 17.5 Å². The summed E-state index contributed by atoms with van der Waals surface area (Å²) in [6.45, 7) is 1.74. The first kappa shape index (κ1) is 18.2. The lowest BCUT2D eigenvalue weighted by molar-refractivity contribution is -0.128. The van der Waals surface area contributed by atoms with Gasteiger partial charge in [0.1, 0.15) is 0 Å². The molecular weight excluding hydrogens is 338 g/mol. The van der Waals surface area contributed by atoms with Crippen molar-refractivity contribution in [1.82, 2.24) is 10.6 Å². The van der Waals surface area contributed by atoms with Crippen LogP contribution < -0.4 is 16.0 Å². The van der Waals surface area contributed by atoms with Crippen molar-refractivity contribution in [2.24, 2.45) is 11.3 Å². The van der Waals surface area contributed by atoms with Gasteiger partial charge in [0.25, 0.3) is 5.91 Å². The van der Waals surface area contributed by atoms with E-state index in [9.17, 15) is 9.59 Å². The molecule has 0 unspecified atom stereocenters. The van der Waals surface area contributed by atoms with E-state index in [1.165, 1.54) is 6.42 Å². The van der Waals surface area contributed by atoms with Gasteiger partial charge in [-0.25, -0.2) is 0 Å². The zero-order valence-electron chi connectivity index (χ0n) is 14.3. The number of carbonyl (C=O) groups excluding carboxylic acids is 2. The number of halogens is 1. The predicted molar refractivity (Wildman–Crippen MR) is 100 cm³/mol. The Kier molecular flexibility index (Phi) is 5.35. The van der Waals surface area contributed by atoms with E-state index < -0.39 is 0 Å². The van der Waals surface area contributed by atoms with Crippen LogP contribution in [0.2, 0.25) is 0 Å². The molecule has 2 atom stereocenters. The number of hydrogen-bond acceptors (Lipinski definition) is 3. The summed E-state index contributed by atoms with van der Waals surface area (Å²) in [7, 11) is 0. The highest BCUT2D eigenvalue weighted by atomic mass is 35.5. The van der Waals surface area contributed by atoms with Crippen LogP contribution in [0.4, 0.5) is 5.69 Å². The van der Waals surface area contributed by atoms with Crippen LogP contribution in [0.5, 0.6) is 0 Å². The van der Waals surface area contributed by atoms with Gasteiger partial charge in [-0.15, -0.1) is 12.4 Å². The minimum atomic E-state index is -0.250. The van der Waals surface area contributed by atoms with Crippen molar-refractivity contribution in [1.29, 1.82) is 0 Å². The van der Waals surface area contributed by atoms with E-state index in [1.807, 2.05) is 12.1 Å². The second kappa shape index (κ2) is 7.34. The van der Waals surface area contributed by atoms with E-state index >= 15 is 0 Å². The predicted octanol–water partition coefficient (Wildman–Crippen LogP) is 2.72. The van der Waals surface area contributed by atoms with Gasteiger partial charge >= 0.3 is 0 Å². The van der Waals surface area contributed by atoms with E-state index in [2.05, 4.69) is 16.0 Å². The normalized spacial score (nSPS) is 27.8. The zero-order valence-corrected chi connectivity index (χ0v) is 15.2. The van der Waals surface area contributed by atoms with Gasteiger partial charge in [0.15, 0.2) is 0 Å². The lowest BCUT2D eigenvalue weighted by Gasteiger charge is -2.37. The molecule has 4 rings (SSSR count). The monoisotopic (exact) mass is 363 g/mol. The molecule has 1 aromatic carbocycles. The summed E-state index contributed by atoms with van der Waals surface area (Å²) in [6, 6.07) is 7.59. The molecule has 2 amide bonds. The van der Waals surface area contributed by atoms with Crippen molar-refractivity contribution < 1.29 is 9.59 Å². The summed E-state index contributed by atoms with van der Waals surface area (Å²) >= 11 is 0. The molecule has 2 aliphatic carbocycles. The Balaban J connectivity index is 0.00000182. The smallest absolute Gasteiger partial charge is 0.251 e. The molecule has 3 aliphatic rings. The van der Waals surface area contributed by atoms with Gasteiger partial charge in [-0.3, -0.25) is 9.59 Å². The summed E-state index contributed by atoms with van der Waals surface area (Å²) in [4.78, 5) is 24.9. The van der Waals surface area contributed by atoms with Crippen LogP contribution in [0.15, 0.2) is 24.3 Å². The molecule has 2 saturated carbocycles. The molecule has 1 aliphatic heterocycles. The quantitative estimate of drug-likeness (QED) is 0.770. The lowest BCUT2D eigenvalue weighted by atomic mass is 9.67. The Bertz CT molecular complexity index is 645. The molecule has 5 nitrogen and oxygen atoms in total. The molecule has 3 fully saturated rings. The minimum absolute atomic E-state index is 0. The topological polar surface area (TPSA) is 70.2 Å². The van der Waals surface area contributed by atoms with Crippen LogP contribution in [0.1, 0.15) is 48.9 Å². The maximum Gasteiger partial charge on any atom is 0.251 e. The van der Waals surface area contributed by atoms with Crippen molar-refractivity contribution in [2.75, 3.05) is 18.4 Å². The third-order valence-electron chi connectivity index (χ3n) is 5.81. The minimum Gasteiger partial charge on any atom is -0.349 e. The van der Waals surface area contributed by atoms with Gasteiger partial charge in [0.05, 0.1) is 5.41 Å². The van der Waals surface area contributed by atoms with Crippen LogP contribution >= 0.6 is 12.4 Å². The third kappa shape index (κ3) is 3.67. The first-order valence-electron chi connectivity index (χ1n) is 9.10. The van der Waals surface area contributed by atoms with E-state index in [-0.39, 0.29) is 29.6 Å². The van der Waals surface area contributed by atoms with Crippen LogP contribution in [0.25, 0.3) is 0 Å². The van der Waals surface area contributed by atoms with Crippen molar-refractivity contribution in [3.8, 4) is 0 Å². The number of nitrogens with one attached hydrogen (secondary N) is 3.